The molecule has 1 fully saturated rings. The number of amides is 2. The van der Waals surface area contributed by atoms with Crippen molar-refractivity contribution in [2.45, 2.75) is 46.1 Å². The van der Waals surface area contributed by atoms with Crippen molar-refractivity contribution in [3.63, 3.8) is 0 Å². The van der Waals surface area contributed by atoms with Crippen LogP contribution in [0.15, 0.2) is 48.8 Å². The summed E-state index contributed by atoms with van der Waals surface area (Å²) in [7, 11) is 0. The van der Waals surface area contributed by atoms with Gasteiger partial charge in [-0.2, -0.15) is 0 Å². The van der Waals surface area contributed by atoms with Gasteiger partial charge < -0.3 is 10.2 Å². The van der Waals surface area contributed by atoms with Crippen LogP contribution in [0.2, 0.25) is 0 Å². The first-order valence-corrected chi connectivity index (χ1v) is 10.1. The minimum Gasteiger partial charge on any atom is -0.352 e. The highest BCUT2D eigenvalue weighted by molar-refractivity contribution is 5.95. The SMILES string of the molecule is CCN(C(=O)C1CCC(C(=O)NCc2cccnc2)CC1)c1cccc(C)c1. The predicted octanol–water partition coefficient (Wildman–Crippen LogP) is 3.87. The van der Waals surface area contributed by atoms with Gasteiger partial charge in [-0.3, -0.25) is 14.6 Å². The maximum absolute atomic E-state index is 13.0. The van der Waals surface area contributed by atoms with E-state index in [4.69, 9.17) is 0 Å². The van der Waals surface area contributed by atoms with Gasteiger partial charge in [0.1, 0.15) is 0 Å². The topological polar surface area (TPSA) is 62.3 Å². The fraction of sp³-hybridized carbons (Fsp3) is 0.435. The van der Waals surface area contributed by atoms with Gasteiger partial charge in [0.2, 0.25) is 11.8 Å². The predicted molar refractivity (Wildman–Crippen MR) is 111 cm³/mol. The van der Waals surface area contributed by atoms with Crippen molar-refractivity contribution in [1.29, 1.82) is 0 Å². The molecule has 148 valence electrons. The Hall–Kier alpha value is -2.69. The van der Waals surface area contributed by atoms with Crippen molar-refractivity contribution in [2.24, 2.45) is 11.8 Å². The summed E-state index contributed by atoms with van der Waals surface area (Å²) in [5.74, 6) is 0.265. The average molecular weight is 380 g/mol. The highest BCUT2D eigenvalue weighted by Gasteiger charge is 2.32. The van der Waals surface area contributed by atoms with E-state index in [0.717, 1.165) is 42.5 Å². The Labute approximate surface area is 167 Å². The van der Waals surface area contributed by atoms with Gasteiger partial charge in [-0.1, -0.05) is 18.2 Å². The van der Waals surface area contributed by atoms with Gasteiger partial charge in [-0.05, 0) is 68.9 Å². The van der Waals surface area contributed by atoms with Crippen molar-refractivity contribution in [1.82, 2.24) is 10.3 Å². The molecule has 0 radical (unpaired) electrons. The highest BCUT2D eigenvalue weighted by atomic mass is 16.2. The zero-order valence-electron chi connectivity index (χ0n) is 16.7. The summed E-state index contributed by atoms with van der Waals surface area (Å²) in [5.41, 5.74) is 3.11. The lowest BCUT2D eigenvalue weighted by atomic mass is 9.80. The van der Waals surface area contributed by atoms with E-state index in [-0.39, 0.29) is 23.7 Å². The van der Waals surface area contributed by atoms with Crippen LogP contribution in [0, 0.1) is 18.8 Å². The molecule has 28 heavy (non-hydrogen) atoms. The van der Waals surface area contributed by atoms with Crippen LogP contribution < -0.4 is 10.2 Å². The zero-order chi connectivity index (χ0) is 19.9. The summed E-state index contributed by atoms with van der Waals surface area (Å²) in [5, 5.41) is 3.00. The van der Waals surface area contributed by atoms with Crippen molar-refractivity contribution < 1.29 is 9.59 Å². The van der Waals surface area contributed by atoms with Crippen LogP contribution in [0.3, 0.4) is 0 Å². The second-order valence-corrected chi connectivity index (χ2v) is 7.55. The van der Waals surface area contributed by atoms with Crippen LogP contribution in [0.5, 0.6) is 0 Å². The molecule has 5 nitrogen and oxygen atoms in total. The van der Waals surface area contributed by atoms with Gasteiger partial charge in [0.05, 0.1) is 0 Å². The monoisotopic (exact) mass is 379 g/mol. The smallest absolute Gasteiger partial charge is 0.230 e. The fourth-order valence-corrected chi connectivity index (χ4v) is 3.92. The molecule has 3 rings (SSSR count). The second-order valence-electron chi connectivity index (χ2n) is 7.55. The molecule has 1 N–H and O–H groups in total. The molecule has 0 saturated heterocycles. The molecule has 0 aliphatic heterocycles. The first-order chi connectivity index (χ1) is 13.6. The van der Waals surface area contributed by atoms with Crippen molar-refractivity contribution in [3.8, 4) is 0 Å². The van der Waals surface area contributed by atoms with Gasteiger partial charge in [-0.25, -0.2) is 0 Å². The summed E-state index contributed by atoms with van der Waals surface area (Å²) < 4.78 is 0. The van der Waals surface area contributed by atoms with Gasteiger partial charge in [0.25, 0.3) is 0 Å². The maximum Gasteiger partial charge on any atom is 0.230 e. The van der Waals surface area contributed by atoms with E-state index in [1.54, 1.807) is 12.4 Å². The first-order valence-electron chi connectivity index (χ1n) is 10.1. The van der Waals surface area contributed by atoms with Gasteiger partial charge >= 0.3 is 0 Å². The third-order valence-corrected chi connectivity index (χ3v) is 5.53. The van der Waals surface area contributed by atoms with Crippen LogP contribution in [0.25, 0.3) is 0 Å². The van der Waals surface area contributed by atoms with Crippen LogP contribution in [-0.4, -0.2) is 23.3 Å². The molecule has 1 aromatic carbocycles. The quantitative estimate of drug-likeness (QED) is 0.829. The van der Waals surface area contributed by atoms with E-state index in [1.807, 2.05) is 49.1 Å². The summed E-state index contributed by atoms with van der Waals surface area (Å²) in [6, 6.07) is 11.9. The minimum atomic E-state index is -0.00484. The van der Waals surface area contributed by atoms with Crippen LogP contribution in [-0.2, 0) is 16.1 Å². The molecule has 5 heteroatoms. The standard InChI is InChI=1S/C23H29N3O2/c1-3-26(21-8-4-6-17(2)14-21)23(28)20-11-9-19(10-12-20)22(27)25-16-18-7-5-13-24-15-18/h4-8,13-15,19-20H,3,9-12,16H2,1-2H3,(H,25,27). The van der Waals surface area contributed by atoms with E-state index in [2.05, 4.69) is 16.4 Å². The molecule has 1 aromatic heterocycles. The Balaban J connectivity index is 1.52. The molecule has 1 saturated carbocycles. The van der Waals surface area contributed by atoms with E-state index < -0.39 is 0 Å². The number of anilines is 1. The zero-order valence-corrected chi connectivity index (χ0v) is 16.7. The largest absolute Gasteiger partial charge is 0.352 e. The Kier molecular flexibility index (Phi) is 6.80. The van der Waals surface area contributed by atoms with Crippen molar-refractivity contribution >= 4 is 17.5 Å². The molecule has 2 aromatic rings. The van der Waals surface area contributed by atoms with Crippen molar-refractivity contribution in [2.75, 3.05) is 11.4 Å². The number of benzene rings is 1. The number of aryl methyl sites for hydroxylation is 1. The number of nitrogens with one attached hydrogen (secondary N) is 1. The summed E-state index contributed by atoms with van der Waals surface area (Å²) >= 11 is 0. The van der Waals surface area contributed by atoms with Gasteiger partial charge in [0, 0.05) is 43.0 Å². The summed E-state index contributed by atoms with van der Waals surface area (Å²) in [4.78, 5) is 31.5. The lowest BCUT2D eigenvalue weighted by molar-refractivity contribution is -0.129. The first kappa shape index (κ1) is 20.1. The molecule has 0 bridgehead atoms. The Bertz CT molecular complexity index is 799. The lowest BCUT2D eigenvalue weighted by Crippen LogP contribution is -2.40. The average Bonchev–Trinajstić information content (AvgIpc) is 2.73. The Morgan fingerprint density at radius 3 is 2.50 bits per heavy atom. The second kappa shape index (κ2) is 9.49. The van der Waals surface area contributed by atoms with Gasteiger partial charge in [-0.15, -0.1) is 0 Å². The molecule has 0 spiro atoms. The van der Waals surface area contributed by atoms with E-state index in [0.29, 0.717) is 13.1 Å². The molecule has 2 amide bonds. The number of carbonyl (C=O) groups excluding carboxylic acids is 2. The number of nitrogens with zero attached hydrogens (tertiary/aromatic N) is 2. The van der Waals surface area contributed by atoms with Gasteiger partial charge in [0.15, 0.2) is 0 Å². The third-order valence-electron chi connectivity index (χ3n) is 5.53. The van der Waals surface area contributed by atoms with Crippen LogP contribution >= 0.6 is 0 Å². The fourth-order valence-electron chi connectivity index (χ4n) is 3.92. The minimum absolute atomic E-state index is 0.00263. The highest BCUT2D eigenvalue weighted by Crippen LogP contribution is 2.31. The molecule has 1 aliphatic carbocycles. The molecular weight excluding hydrogens is 350 g/mol. The summed E-state index contributed by atoms with van der Waals surface area (Å²) in [6.45, 7) is 5.21. The van der Waals surface area contributed by atoms with E-state index in [1.165, 1.54) is 0 Å². The number of hydrogen-bond acceptors (Lipinski definition) is 3. The Morgan fingerprint density at radius 2 is 1.86 bits per heavy atom. The molecule has 0 unspecified atom stereocenters. The van der Waals surface area contributed by atoms with Crippen molar-refractivity contribution in [3.05, 3.63) is 59.9 Å². The lowest BCUT2D eigenvalue weighted by Gasteiger charge is -2.31. The number of carbonyl (C=O) groups is 2. The van der Waals surface area contributed by atoms with Crippen LogP contribution in [0.1, 0.15) is 43.7 Å². The Morgan fingerprint density at radius 1 is 1.11 bits per heavy atom. The number of rotatable bonds is 6. The number of hydrogen-bond donors (Lipinski definition) is 1. The molecule has 0 atom stereocenters. The summed E-state index contributed by atoms with van der Waals surface area (Å²) in [6.07, 6.45) is 6.56. The van der Waals surface area contributed by atoms with E-state index in [9.17, 15) is 9.59 Å². The van der Waals surface area contributed by atoms with E-state index >= 15 is 0 Å². The molecule has 1 aliphatic rings. The normalized spacial score (nSPS) is 19.1. The van der Waals surface area contributed by atoms with Crippen LogP contribution in [0.4, 0.5) is 5.69 Å². The molecular formula is C23H29N3O2. The number of pyridine rings is 1. The molecule has 1 heterocycles. The number of aromatic nitrogens is 1. The maximum atomic E-state index is 13.0. The third kappa shape index (κ3) is 4.97.